The van der Waals surface area contributed by atoms with Gasteiger partial charge in [-0.15, -0.1) is 0 Å². The number of Topliss-reactive ketones (excluding diaryl/α,β-unsaturated/α-hetero) is 2. The molecule has 0 aliphatic rings. The van der Waals surface area contributed by atoms with Crippen molar-refractivity contribution in [3.63, 3.8) is 0 Å². The first-order valence-corrected chi connectivity index (χ1v) is 9.66. The maximum atomic E-state index is 13.5. The third kappa shape index (κ3) is 4.92. The van der Waals surface area contributed by atoms with Crippen LogP contribution in [0.2, 0.25) is 5.02 Å². The number of carbonyl (C=O) groups excluding carboxylic acids is 3. The molecule has 1 heterocycles. The highest BCUT2D eigenvalue weighted by Gasteiger charge is 2.32. The second-order valence-corrected chi connectivity index (χ2v) is 8.77. The van der Waals surface area contributed by atoms with Gasteiger partial charge >= 0.3 is 0 Å². The molecule has 0 saturated carbocycles. The summed E-state index contributed by atoms with van der Waals surface area (Å²) in [5, 5.41) is 11.2. The lowest BCUT2D eigenvalue weighted by Crippen LogP contribution is -2.21. The molecule has 1 aromatic carbocycles. The Morgan fingerprint density at radius 2 is 1.93 bits per heavy atom. The fourth-order valence-corrected chi connectivity index (χ4v) is 3.71. The second-order valence-electron chi connectivity index (χ2n) is 7.64. The molecule has 6 nitrogen and oxygen atoms in total. The van der Waals surface area contributed by atoms with E-state index in [1.165, 1.54) is 23.7 Å². The highest BCUT2D eigenvalue weighted by atomic mass is 79.9. The standard InChI is InChI=1S/C20H18BrClFN3O3/c1-20(2,3)8-13(27)17(28)14-15(22)16(26(4)18(14)21)19(29)25-11-5-6-12(23)10(7-11)9-24/h5-7H,8H2,1-4H3,(H,25,29). The summed E-state index contributed by atoms with van der Waals surface area (Å²) in [6.07, 6.45) is 0.0253. The summed E-state index contributed by atoms with van der Waals surface area (Å²) in [4.78, 5) is 37.7. The monoisotopic (exact) mass is 481 g/mol. The molecular formula is C20H18BrClFN3O3. The summed E-state index contributed by atoms with van der Waals surface area (Å²) in [6, 6.07) is 5.20. The van der Waals surface area contributed by atoms with Gasteiger partial charge in [-0.05, 0) is 39.5 Å². The van der Waals surface area contributed by atoms with Crippen LogP contribution >= 0.6 is 27.5 Å². The van der Waals surface area contributed by atoms with Gasteiger partial charge in [0.15, 0.2) is 0 Å². The molecule has 0 unspecified atom stereocenters. The van der Waals surface area contributed by atoms with Crippen molar-refractivity contribution in [2.75, 3.05) is 5.32 Å². The number of anilines is 1. The van der Waals surface area contributed by atoms with Crippen LogP contribution in [-0.2, 0) is 11.8 Å². The van der Waals surface area contributed by atoms with E-state index in [2.05, 4.69) is 21.2 Å². The Hall–Kier alpha value is -2.50. The molecule has 1 N–H and O–H groups in total. The van der Waals surface area contributed by atoms with Crippen molar-refractivity contribution >= 4 is 50.7 Å². The van der Waals surface area contributed by atoms with Crippen LogP contribution in [0, 0.1) is 22.6 Å². The van der Waals surface area contributed by atoms with E-state index >= 15 is 0 Å². The molecule has 0 aliphatic carbocycles. The van der Waals surface area contributed by atoms with Gasteiger partial charge in [0.2, 0.25) is 11.6 Å². The van der Waals surface area contributed by atoms with Crippen LogP contribution in [0.15, 0.2) is 22.8 Å². The zero-order valence-electron chi connectivity index (χ0n) is 16.2. The molecule has 29 heavy (non-hydrogen) atoms. The SMILES string of the molecule is Cn1c(Br)c(C(=O)C(=O)CC(C)(C)C)c(Cl)c1C(=O)Nc1ccc(F)c(C#N)c1. The number of nitrogens with one attached hydrogen (secondary N) is 1. The smallest absolute Gasteiger partial charge is 0.273 e. The van der Waals surface area contributed by atoms with E-state index in [0.29, 0.717) is 0 Å². The molecule has 0 aliphatic heterocycles. The normalized spacial score (nSPS) is 11.1. The summed E-state index contributed by atoms with van der Waals surface area (Å²) in [5.74, 6) is -2.80. The number of aromatic nitrogens is 1. The lowest BCUT2D eigenvalue weighted by atomic mass is 9.88. The number of hydrogen-bond acceptors (Lipinski definition) is 4. The van der Waals surface area contributed by atoms with Gasteiger partial charge in [-0.2, -0.15) is 5.26 Å². The Kier molecular flexibility index (Phi) is 6.66. The minimum atomic E-state index is -0.792. The fourth-order valence-electron chi connectivity index (χ4n) is 2.65. The number of amides is 1. The van der Waals surface area contributed by atoms with E-state index in [-0.39, 0.29) is 44.0 Å². The van der Waals surface area contributed by atoms with Crippen molar-refractivity contribution in [1.29, 1.82) is 5.26 Å². The molecule has 2 rings (SSSR count). The fraction of sp³-hybridized carbons (Fsp3) is 0.300. The third-order valence-electron chi connectivity index (χ3n) is 3.99. The van der Waals surface area contributed by atoms with Crippen molar-refractivity contribution in [1.82, 2.24) is 4.57 Å². The largest absolute Gasteiger partial charge is 0.332 e. The van der Waals surface area contributed by atoms with Crippen molar-refractivity contribution < 1.29 is 18.8 Å². The topological polar surface area (TPSA) is 92.0 Å². The molecule has 152 valence electrons. The molecule has 1 amide bonds. The van der Waals surface area contributed by atoms with Crippen LogP contribution in [0.5, 0.6) is 0 Å². The summed E-state index contributed by atoms with van der Waals surface area (Å²) in [7, 11) is 1.50. The van der Waals surface area contributed by atoms with E-state index in [1.807, 2.05) is 20.8 Å². The highest BCUT2D eigenvalue weighted by molar-refractivity contribution is 9.10. The van der Waals surface area contributed by atoms with E-state index in [9.17, 15) is 18.8 Å². The predicted octanol–water partition coefficient (Wildman–Crippen LogP) is 4.89. The lowest BCUT2D eigenvalue weighted by molar-refractivity contribution is -0.116. The summed E-state index contributed by atoms with van der Waals surface area (Å²) in [6.45, 7) is 5.49. The molecule has 0 saturated heterocycles. The average molecular weight is 483 g/mol. The van der Waals surface area contributed by atoms with Crippen molar-refractivity contribution in [2.45, 2.75) is 27.2 Å². The molecule has 2 aromatic rings. The highest BCUT2D eigenvalue weighted by Crippen LogP contribution is 2.33. The zero-order valence-corrected chi connectivity index (χ0v) is 18.5. The molecule has 0 bridgehead atoms. The number of nitrogens with zero attached hydrogens (tertiary/aromatic N) is 2. The Bertz CT molecular complexity index is 1060. The zero-order chi connectivity index (χ0) is 22.1. The van der Waals surface area contributed by atoms with Gasteiger partial charge in [-0.3, -0.25) is 14.4 Å². The molecule has 0 atom stereocenters. The minimum absolute atomic E-state index is 0.0253. The van der Waals surface area contributed by atoms with Gasteiger partial charge in [-0.25, -0.2) is 4.39 Å². The number of hydrogen-bond donors (Lipinski definition) is 1. The van der Waals surface area contributed by atoms with Crippen molar-refractivity contribution in [2.24, 2.45) is 12.5 Å². The molecule has 0 radical (unpaired) electrons. The Morgan fingerprint density at radius 3 is 2.48 bits per heavy atom. The Morgan fingerprint density at radius 1 is 1.31 bits per heavy atom. The number of benzene rings is 1. The second kappa shape index (κ2) is 8.47. The summed E-state index contributed by atoms with van der Waals surface area (Å²) >= 11 is 9.51. The number of halogens is 3. The van der Waals surface area contributed by atoms with E-state index in [0.717, 1.165) is 6.07 Å². The van der Waals surface area contributed by atoms with E-state index in [4.69, 9.17) is 16.9 Å². The average Bonchev–Trinajstić information content (AvgIpc) is 2.83. The molecule has 0 fully saturated rings. The van der Waals surface area contributed by atoms with Gasteiger partial charge < -0.3 is 9.88 Å². The molecular weight excluding hydrogens is 465 g/mol. The van der Waals surface area contributed by atoms with Crippen LogP contribution in [0.4, 0.5) is 10.1 Å². The van der Waals surface area contributed by atoms with Gasteiger partial charge in [0, 0.05) is 19.2 Å². The minimum Gasteiger partial charge on any atom is -0.332 e. The van der Waals surface area contributed by atoms with Gasteiger partial charge in [0.1, 0.15) is 17.6 Å². The van der Waals surface area contributed by atoms with Gasteiger partial charge in [0.05, 0.1) is 20.8 Å². The first-order chi connectivity index (χ1) is 13.4. The maximum Gasteiger partial charge on any atom is 0.273 e. The first-order valence-electron chi connectivity index (χ1n) is 8.49. The first kappa shape index (κ1) is 22.8. The summed E-state index contributed by atoms with van der Waals surface area (Å²) in [5.41, 5.74) is -0.593. The van der Waals surface area contributed by atoms with Crippen LogP contribution in [0.3, 0.4) is 0 Å². The predicted molar refractivity (Wildman–Crippen MR) is 111 cm³/mol. The molecule has 9 heteroatoms. The van der Waals surface area contributed by atoms with Crippen LogP contribution in [0.1, 0.15) is 53.6 Å². The molecule has 0 spiro atoms. The van der Waals surface area contributed by atoms with Crippen molar-refractivity contribution in [3.05, 3.63) is 50.5 Å². The number of ketones is 2. The van der Waals surface area contributed by atoms with Crippen LogP contribution < -0.4 is 5.32 Å². The van der Waals surface area contributed by atoms with E-state index < -0.39 is 23.3 Å². The Labute approximate surface area is 180 Å². The molecule has 1 aromatic heterocycles. The third-order valence-corrected chi connectivity index (χ3v) is 5.29. The number of rotatable bonds is 5. The van der Waals surface area contributed by atoms with Gasteiger partial charge in [-0.1, -0.05) is 32.4 Å². The Balaban J connectivity index is 2.39. The van der Waals surface area contributed by atoms with Crippen LogP contribution in [-0.4, -0.2) is 22.0 Å². The number of carbonyl (C=O) groups is 3. The van der Waals surface area contributed by atoms with Gasteiger partial charge in [0.25, 0.3) is 5.91 Å². The van der Waals surface area contributed by atoms with Crippen molar-refractivity contribution in [3.8, 4) is 6.07 Å². The lowest BCUT2D eigenvalue weighted by Gasteiger charge is -2.15. The summed E-state index contributed by atoms with van der Waals surface area (Å²) < 4.78 is 15.0. The maximum absolute atomic E-state index is 13.5. The van der Waals surface area contributed by atoms with E-state index in [1.54, 1.807) is 6.07 Å². The van der Waals surface area contributed by atoms with Crippen LogP contribution in [0.25, 0.3) is 0 Å². The number of nitriles is 1. The quantitative estimate of drug-likeness (QED) is 0.485.